The summed E-state index contributed by atoms with van der Waals surface area (Å²) in [5.41, 5.74) is 12.8. The summed E-state index contributed by atoms with van der Waals surface area (Å²) in [6, 6.07) is 1.75. The molecule has 0 saturated carbocycles. The minimum absolute atomic E-state index is 0.271. The molecule has 0 amide bonds. The van der Waals surface area contributed by atoms with Gasteiger partial charge in [-0.25, -0.2) is 4.98 Å². The van der Waals surface area contributed by atoms with E-state index in [0.29, 0.717) is 11.4 Å². The van der Waals surface area contributed by atoms with Gasteiger partial charge >= 0.3 is 0 Å². The Morgan fingerprint density at radius 2 is 2.38 bits per heavy atom. The molecule has 88 valence electrons. The van der Waals surface area contributed by atoms with Gasteiger partial charge in [-0.3, -0.25) is 0 Å². The highest BCUT2D eigenvalue weighted by Gasteiger charge is 2.21. The van der Waals surface area contributed by atoms with Crippen LogP contribution in [0.5, 0.6) is 0 Å². The van der Waals surface area contributed by atoms with Gasteiger partial charge < -0.3 is 21.1 Å². The molecule has 0 spiro atoms. The van der Waals surface area contributed by atoms with Gasteiger partial charge in [0, 0.05) is 13.1 Å². The molecule has 2 heterocycles. The molecule has 4 N–H and O–H groups in total. The maximum atomic E-state index is 5.91. The molecule has 1 aliphatic heterocycles. The van der Waals surface area contributed by atoms with Crippen molar-refractivity contribution in [2.45, 2.75) is 19.4 Å². The minimum atomic E-state index is 0.271. The number of rotatable bonds is 2. The standard InChI is InChI=1S/C11H18N4O/c1-2-9-7-15(3-4-16-9)11-10(13)5-8(12)6-14-11/h5-6,9H,2-4,7,12-13H2,1H3. The molecule has 0 aliphatic carbocycles. The molecule has 0 bridgehead atoms. The first-order valence-electron chi connectivity index (χ1n) is 5.58. The van der Waals surface area contributed by atoms with Gasteiger partial charge in [0.25, 0.3) is 0 Å². The first kappa shape index (κ1) is 11.0. The fourth-order valence-corrected chi connectivity index (χ4v) is 1.91. The third kappa shape index (κ3) is 2.19. The Labute approximate surface area is 95.4 Å². The molecule has 5 nitrogen and oxygen atoms in total. The Morgan fingerprint density at radius 1 is 1.56 bits per heavy atom. The van der Waals surface area contributed by atoms with Gasteiger partial charge in [0.2, 0.25) is 0 Å². The molecule has 2 rings (SSSR count). The van der Waals surface area contributed by atoms with Crippen molar-refractivity contribution in [3.63, 3.8) is 0 Å². The number of aromatic nitrogens is 1. The maximum absolute atomic E-state index is 5.91. The smallest absolute Gasteiger partial charge is 0.152 e. The van der Waals surface area contributed by atoms with E-state index in [4.69, 9.17) is 16.2 Å². The largest absolute Gasteiger partial charge is 0.397 e. The van der Waals surface area contributed by atoms with E-state index in [9.17, 15) is 0 Å². The molecule has 0 radical (unpaired) electrons. The molecule has 0 aromatic carbocycles. The molecular weight excluding hydrogens is 204 g/mol. The van der Waals surface area contributed by atoms with Crippen LogP contribution in [0.15, 0.2) is 12.3 Å². The van der Waals surface area contributed by atoms with Crippen LogP contribution in [0.1, 0.15) is 13.3 Å². The van der Waals surface area contributed by atoms with Crippen LogP contribution >= 0.6 is 0 Å². The lowest BCUT2D eigenvalue weighted by Crippen LogP contribution is -2.42. The summed E-state index contributed by atoms with van der Waals surface area (Å²) in [6.07, 6.45) is 2.92. The van der Waals surface area contributed by atoms with Crippen molar-refractivity contribution in [3.05, 3.63) is 12.3 Å². The number of morpholine rings is 1. The molecule has 1 aromatic rings. The zero-order valence-corrected chi connectivity index (χ0v) is 9.52. The van der Waals surface area contributed by atoms with Crippen molar-refractivity contribution in [2.75, 3.05) is 36.1 Å². The van der Waals surface area contributed by atoms with E-state index in [1.54, 1.807) is 12.3 Å². The first-order chi connectivity index (χ1) is 7.70. The van der Waals surface area contributed by atoms with E-state index in [1.165, 1.54) is 0 Å². The summed E-state index contributed by atoms with van der Waals surface area (Å²) in [7, 11) is 0. The Balaban J connectivity index is 2.16. The van der Waals surface area contributed by atoms with Gasteiger partial charge in [0.15, 0.2) is 5.82 Å². The van der Waals surface area contributed by atoms with Crippen molar-refractivity contribution < 1.29 is 4.74 Å². The number of hydrogen-bond acceptors (Lipinski definition) is 5. The van der Waals surface area contributed by atoms with Crippen molar-refractivity contribution in [2.24, 2.45) is 0 Å². The van der Waals surface area contributed by atoms with E-state index in [0.717, 1.165) is 31.9 Å². The molecule has 16 heavy (non-hydrogen) atoms. The Hall–Kier alpha value is -1.49. The van der Waals surface area contributed by atoms with Gasteiger partial charge in [-0.05, 0) is 12.5 Å². The summed E-state index contributed by atoms with van der Waals surface area (Å²) in [5, 5.41) is 0. The van der Waals surface area contributed by atoms with Crippen LogP contribution < -0.4 is 16.4 Å². The number of nitrogen functional groups attached to an aromatic ring is 2. The second-order valence-electron chi connectivity index (χ2n) is 4.03. The molecule has 1 saturated heterocycles. The lowest BCUT2D eigenvalue weighted by Gasteiger charge is -2.33. The third-order valence-corrected chi connectivity index (χ3v) is 2.81. The third-order valence-electron chi connectivity index (χ3n) is 2.81. The average molecular weight is 222 g/mol. The van der Waals surface area contributed by atoms with E-state index >= 15 is 0 Å². The fraction of sp³-hybridized carbons (Fsp3) is 0.545. The number of ether oxygens (including phenoxy) is 1. The van der Waals surface area contributed by atoms with Gasteiger partial charge in [-0.1, -0.05) is 6.92 Å². The van der Waals surface area contributed by atoms with Gasteiger partial charge in [-0.2, -0.15) is 0 Å². The Bertz CT molecular complexity index is 369. The highest BCUT2D eigenvalue weighted by atomic mass is 16.5. The van der Waals surface area contributed by atoms with E-state index < -0.39 is 0 Å². The molecule has 1 unspecified atom stereocenters. The Morgan fingerprint density at radius 3 is 3.06 bits per heavy atom. The lowest BCUT2D eigenvalue weighted by atomic mass is 10.2. The predicted octanol–water partition coefficient (Wildman–Crippen LogP) is 0.861. The number of nitrogens with two attached hydrogens (primary N) is 2. The summed E-state index contributed by atoms with van der Waals surface area (Å²) in [6.45, 7) is 4.52. The van der Waals surface area contributed by atoms with Crippen molar-refractivity contribution >= 4 is 17.2 Å². The number of pyridine rings is 1. The molecular formula is C11H18N4O. The van der Waals surface area contributed by atoms with E-state index in [-0.39, 0.29) is 6.10 Å². The van der Waals surface area contributed by atoms with Gasteiger partial charge in [0.05, 0.1) is 30.3 Å². The van der Waals surface area contributed by atoms with E-state index in [1.807, 2.05) is 0 Å². The second-order valence-corrected chi connectivity index (χ2v) is 4.03. The molecule has 1 atom stereocenters. The van der Waals surface area contributed by atoms with Crippen LogP contribution in [0, 0.1) is 0 Å². The topological polar surface area (TPSA) is 77.4 Å². The highest BCUT2D eigenvalue weighted by molar-refractivity contribution is 5.67. The van der Waals surface area contributed by atoms with E-state index in [2.05, 4.69) is 16.8 Å². The van der Waals surface area contributed by atoms with Crippen LogP contribution in [0.25, 0.3) is 0 Å². The van der Waals surface area contributed by atoms with Gasteiger partial charge in [-0.15, -0.1) is 0 Å². The van der Waals surface area contributed by atoms with Crippen LogP contribution in [-0.2, 0) is 4.74 Å². The predicted molar refractivity (Wildman–Crippen MR) is 65.3 cm³/mol. The normalized spacial score (nSPS) is 21.1. The molecule has 1 aromatic heterocycles. The van der Waals surface area contributed by atoms with Crippen LogP contribution in [0.4, 0.5) is 17.2 Å². The first-order valence-corrected chi connectivity index (χ1v) is 5.58. The summed E-state index contributed by atoms with van der Waals surface area (Å²) in [4.78, 5) is 6.45. The van der Waals surface area contributed by atoms with Crippen molar-refractivity contribution in [1.82, 2.24) is 4.98 Å². The zero-order valence-electron chi connectivity index (χ0n) is 9.52. The summed E-state index contributed by atoms with van der Waals surface area (Å²) < 4.78 is 5.61. The van der Waals surface area contributed by atoms with Crippen molar-refractivity contribution in [3.8, 4) is 0 Å². The highest BCUT2D eigenvalue weighted by Crippen LogP contribution is 2.24. The van der Waals surface area contributed by atoms with Crippen LogP contribution in [0.3, 0.4) is 0 Å². The lowest BCUT2D eigenvalue weighted by molar-refractivity contribution is 0.0382. The maximum Gasteiger partial charge on any atom is 0.152 e. The quantitative estimate of drug-likeness (QED) is 0.776. The average Bonchev–Trinajstić information content (AvgIpc) is 2.29. The summed E-state index contributed by atoms with van der Waals surface area (Å²) in [5.74, 6) is 0.816. The number of anilines is 3. The number of nitrogens with zero attached hydrogens (tertiary/aromatic N) is 2. The van der Waals surface area contributed by atoms with Gasteiger partial charge in [0.1, 0.15) is 0 Å². The fourth-order valence-electron chi connectivity index (χ4n) is 1.91. The SMILES string of the molecule is CCC1CN(c2ncc(N)cc2N)CCO1. The second kappa shape index (κ2) is 4.57. The van der Waals surface area contributed by atoms with Crippen molar-refractivity contribution in [1.29, 1.82) is 0 Å². The summed E-state index contributed by atoms with van der Waals surface area (Å²) >= 11 is 0. The molecule has 1 aliphatic rings. The molecule has 1 fully saturated rings. The Kier molecular flexibility index (Phi) is 3.14. The number of hydrogen-bond donors (Lipinski definition) is 2. The minimum Gasteiger partial charge on any atom is -0.397 e. The molecule has 5 heteroatoms. The zero-order chi connectivity index (χ0) is 11.5. The van der Waals surface area contributed by atoms with Crippen LogP contribution in [0.2, 0.25) is 0 Å². The van der Waals surface area contributed by atoms with Crippen LogP contribution in [-0.4, -0.2) is 30.8 Å². The monoisotopic (exact) mass is 222 g/mol.